The summed E-state index contributed by atoms with van der Waals surface area (Å²) in [6.07, 6.45) is 0. The molecule has 0 spiro atoms. The normalized spacial score (nSPS) is 11.2. The average molecular weight is 381 g/mol. The fourth-order valence-corrected chi connectivity index (χ4v) is 3.37. The average Bonchev–Trinajstić information content (AvgIpc) is 3.01. The summed E-state index contributed by atoms with van der Waals surface area (Å²) in [5, 5.41) is 0.179. The number of hydrogen-bond acceptors (Lipinski definition) is 3. The van der Waals surface area contributed by atoms with E-state index < -0.39 is 11.2 Å². The van der Waals surface area contributed by atoms with Crippen molar-refractivity contribution in [2.75, 3.05) is 0 Å². The minimum Gasteiger partial charge on any atom is -0.304 e. The topological polar surface area (TPSA) is 61.8 Å². The summed E-state index contributed by atoms with van der Waals surface area (Å²) in [7, 11) is 1.47. The van der Waals surface area contributed by atoms with Crippen molar-refractivity contribution in [2.24, 2.45) is 7.05 Å². The summed E-state index contributed by atoms with van der Waals surface area (Å²) in [6, 6.07) is 19.2. The summed E-state index contributed by atoms with van der Waals surface area (Å²) in [5.41, 5.74) is 1.72. The highest BCUT2D eigenvalue weighted by atomic mass is 35.5. The van der Waals surface area contributed by atoms with Crippen LogP contribution in [0.15, 0.2) is 70.3 Å². The fourth-order valence-electron chi connectivity index (χ4n) is 3.15. The molecule has 0 aliphatic heterocycles. The highest BCUT2D eigenvalue weighted by molar-refractivity contribution is 6.29. The van der Waals surface area contributed by atoms with E-state index in [1.165, 1.54) is 11.6 Å². The van der Waals surface area contributed by atoms with Crippen molar-refractivity contribution in [1.82, 2.24) is 18.7 Å². The van der Waals surface area contributed by atoms with Crippen molar-refractivity contribution in [2.45, 2.75) is 13.1 Å². The standard InChI is InChI=1S/C20H17ClN4O2/c1-23-18(26)16-17(25(20(23)27)13-15-10-6-3-7-11-15)22-19(21)24(16)12-14-8-4-2-5-9-14/h2-11H,12-13H2,1H3. The maximum atomic E-state index is 12.8. The molecule has 0 fully saturated rings. The second-order valence-electron chi connectivity index (χ2n) is 6.34. The molecule has 0 bridgehead atoms. The van der Waals surface area contributed by atoms with E-state index in [-0.39, 0.29) is 5.28 Å². The minimum atomic E-state index is -0.419. The van der Waals surface area contributed by atoms with Gasteiger partial charge in [-0.25, -0.2) is 4.79 Å². The van der Waals surface area contributed by atoms with Crippen molar-refractivity contribution in [3.05, 3.63) is 97.9 Å². The van der Waals surface area contributed by atoms with E-state index in [4.69, 9.17) is 11.6 Å². The van der Waals surface area contributed by atoms with E-state index in [1.807, 2.05) is 60.7 Å². The van der Waals surface area contributed by atoms with E-state index in [0.717, 1.165) is 15.7 Å². The Morgan fingerprint density at radius 1 is 0.852 bits per heavy atom. The van der Waals surface area contributed by atoms with Crippen molar-refractivity contribution in [1.29, 1.82) is 0 Å². The first-order chi connectivity index (χ1) is 13.1. The van der Waals surface area contributed by atoms with Crippen molar-refractivity contribution in [3.8, 4) is 0 Å². The van der Waals surface area contributed by atoms with Crippen molar-refractivity contribution in [3.63, 3.8) is 0 Å². The Morgan fingerprint density at radius 2 is 1.37 bits per heavy atom. The molecule has 0 atom stereocenters. The molecule has 2 heterocycles. The summed E-state index contributed by atoms with van der Waals surface area (Å²) in [4.78, 5) is 29.9. The van der Waals surface area contributed by atoms with Gasteiger partial charge in [0, 0.05) is 7.05 Å². The van der Waals surface area contributed by atoms with Crippen LogP contribution in [0.5, 0.6) is 0 Å². The van der Waals surface area contributed by atoms with Gasteiger partial charge in [-0.2, -0.15) is 4.98 Å². The molecule has 4 rings (SSSR count). The van der Waals surface area contributed by atoms with Crippen molar-refractivity contribution >= 4 is 22.8 Å². The zero-order chi connectivity index (χ0) is 19.0. The van der Waals surface area contributed by atoms with Crippen LogP contribution in [0.2, 0.25) is 5.28 Å². The lowest BCUT2D eigenvalue weighted by Gasteiger charge is -2.10. The van der Waals surface area contributed by atoms with Gasteiger partial charge in [-0.1, -0.05) is 60.7 Å². The quantitative estimate of drug-likeness (QED) is 0.511. The first kappa shape index (κ1) is 17.3. The van der Waals surface area contributed by atoms with Crippen LogP contribution < -0.4 is 11.2 Å². The minimum absolute atomic E-state index is 0.179. The molecule has 136 valence electrons. The van der Waals surface area contributed by atoms with E-state index in [0.29, 0.717) is 24.3 Å². The Bertz CT molecular complexity index is 1220. The van der Waals surface area contributed by atoms with Gasteiger partial charge < -0.3 is 4.57 Å². The third-order valence-electron chi connectivity index (χ3n) is 4.55. The summed E-state index contributed by atoms with van der Waals surface area (Å²) < 4.78 is 4.24. The van der Waals surface area contributed by atoms with Crippen LogP contribution in [-0.4, -0.2) is 18.7 Å². The molecule has 0 saturated heterocycles. The second-order valence-corrected chi connectivity index (χ2v) is 6.68. The molecule has 27 heavy (non-hydrogen) atoms. The molecule has 7 heteroatoms. The molecule has 0 unspecified atom stereocenters. The van der Waals surface area contributed by atoms with Crippen LogP contribution in [0.3, 0.4) is 0 Å². The summed E-state index contributed by atoms with van der Waals surface area (Å²) in [6.45, 7) is 0.706. The molecule has 2 aromatic carbocycles. The monoisotopic (exact) mass is 380 g/mol. The van der Waals surface area contributed by atoms with Crippen LogP contribution >= 0.6 is 11.6 Å². The number of imidazole rings is 1. The van der Waals surface area contributed by atoms with Crippen molar-refractivity contribution < 1.29 is 0 Å². The lowest BCUT2D eigenvalue weighted by molar-refractivity contribution is 0.665. The van der Waals surface area contributed by atoms with E-state index in [1.54, 1.807) is 4.57 Å². The molecular formula is C20H17ClN4O2. The third kappa shape index (κ3) is 3.08. The number of aromatic nitrogens is 4. The van der Waals surface area contributed by atoms with Crippen LogP contribution in [0.25, 0.3) is 11.2 Å². The number of hydrogen-bond donors (Lipinski definition) is 0. The first-order valence-corrected chi connectivity index (χ1v) is 8.87. The Morgan fingerprint density at radius 3 is 1.93 bits per heavy atom. The molecule has 0 amide bonds. The molecule has 0 aliphatic rings. The Kier molecular flexibility index (Phi) is 4.41. The summed E-state index contributed by atoms with van der Waals surface area (Å²) >= 11 is 6.36. The Hall–Kier alpha value is -3.12. The number of rotatable bonds is 4. The molecular weight excluding hydrogens is 364 g/mol. The molecule has 4 aromatic rings. The molecule has 2 aromatic heterocycles. The number of halogens is 1. The van der Waals surface area contributed by atoms with Gasteiger partial charge in [0.1, 0.15) is 0 Å². The van der Waals surface area contributed by atoms with Gasteiger partial charge in [-0.05, 0) is 22.7 Å². The third-order valence-corrected chi connectivity index (χ3v) is 4.84. The number of nitrogens with zero attached hydrogens (tertiary/aromatic N) is 4. The second kappa shape index (κ2) is 6.89. The van der Waals surface area contributed by atoms with Gasteiger partial charge in [0.25, 0.3) is 5.56 Å². The molecule has 0 radical (unpaired) electrons. The smallest absolute Gasteiger partial charge is 0.304 e. The first-order valence-electron chi connectivity index (χ1n) is 8.49. The SMILES string of the molecule is Cn1c(=O)c2c(nc(Cl)n2Cc2ccccc2)n(Cc2ccccc2)c1=O. The zero-order valence-electron chi connectivity index (χ0n) is 14.7. The zero-order valence-corrected chi connectivity index (χ0v) is 15.4. The fraction of sp³-hybridized carbons (Fsp3) is 0.150. The van der Waals surface area contributed by atoms with Gasteiger partial charge in [0.2, 0.25) is 5.28 Å². The van der Waals surface area contributed by atoms with E-state index >= 15 is 0 Å². The van der Waals surface area contributed by atoms with Crippen LogP contribution in [0, 0.1) is 0 Å². The predicted octanol–water partition coefficient (Wildman–Crippen LogP) is 2.65. The van der Waals surface area contributed by atoms with Gasteiger partial charge in [0.15, 0.2) is 11.2 Å². The van der Waals surface area contributed by atoms with Gasteiger partial charge in [-0.3, -0.25) is 13.9 Å². The number of fused-ring (bicyclic) bond motifs is 1. The highest BCUT2D eigenvalue weighted by Crippen LogP contribution is 2.18. The largest absolute Gasteiger partial charge is 0.332 e. The van der Waals surface area contributed by atoms with Gasteiger partial charge >= 0.3 is 5.69 Å². The molecule has 6 nitrogen and oxygen atoms in total. The predicted molar refractivity (Wildman–Crippen MR) is 105 cm³/mol. The van der Waals surface area contributed by atoms with Crippen LogP contribution in [0.1, 0.15) is 11.1 Å². The van der Waals surface area contributed by atoms with E-state index in [2.05, 4.69) is 4.98 Å². The van der Waals surface area contributed by atoms with Gasteiger partial charge in [0.05, 0.1) is 13.1 Å². The lowest BCUT2D eigenvalue weighted by atomic mass is 10.2. The Labute approximate surface area is 159 Å². The van der Waals surface area contributed by atoms with Gasteiger partial charge in [-0.15, -0.1) is 0 Å². The Balaban J connectivity index is 1.94. The van der Waals surface area contributed by atoms with E-state index in [9.17, 15) is 9.59 Å². The maximum absolute atomic E-state index is 12.8. The van der Waals surface area contributed by atoms with Crippen LogP contribution in [-0.2, 0) is 20.1 Å². The maximum Gasteiger partial charge on any atom is 0.332 e. The lowest BCUT2D eigenvalue weighted by Crippen LogP contribution is -2.39. The highest BCUT2D eigenvalue weighted by Gasteiger charge is 2.20. The molecule has 0 N–H and O–H groups in total. The molecule has 0 saturated carbocycles. The number of benzene rings is 2. The molecule has 0 aliphatic carbocycles. The summed E-state index contributed by atoms with van der Waals surface area (Å²) in [5.74, 6) is 0. The van der Waals surface area contributed by atoms with Crippen LogP contribution in [0.4, 0.5) is 0 Å².